The smallest absolute Gasteiger partial charge is 0.326 e. The van der Waals surface area contributed by atoms with Gasteiger partial charge >= 0.3 is 5.97 Å². The van der Waals surface area contributed by atoms with E-state index in [-0.39, 0.29) is 5.92 Å². The number of hydrogen-bond donors (Lipinski definition) is 2. The Labute approximate surface area is 110 Å². The molecule has 7 heteroatoms. The normalized spacial score (nSPS) is 12.8. The first-order valence-electron chi connectivity index (χ1n) is 6.19. The summed E-state index contributed by atoms with van der Waals surface area (Å²) in [5.74, 6) is -0.509. The van der Waals surface area contributed by atoms with E-state index in [4.69, 9.17) is 0 Å². The second-order valence-electron chi connectivity index (χ2n) is 4.63. The van der Waals surface area contributed by atoms with E-state index in [0.717, 1.165) is 6.54 Å². The molecule has 2 rings (SSSR count). The highest BCUT2D eigenvalue weighted by molar-refractivity contribution is 5.86. The van der Waals surface area contributed by atoms with E-state index in [9.17, 15) is 9.90 Å². The maximum absolute atomic E-state index is 11.2. The molecule has 0 spiro atoms. The predicted molar refractivity (Wildman–Crippen MR) is 70.9 cm³/mol. The van der Waals surface area contributed by atoms with Crippen LogP contribution in [0.2, 0.25) is 0 Å². The van der Waals surface area contributed by atoms with E-state index in [2.05, 4.69) is 20.3 Å². The summed E-state index contributed by atoms with van der Waals surface area (Å²) >= 11 is 0. The lowest BCUT2D eigenvalue weighted by atomic mass is 10.1. The number of aryl methyl sites for hydroxylation is 1. The second-order valence-corrected chi connectivity index (χ2v) is 4.63. The van der Waals surface area contributed by atoms with Crippen LogP contribution in [0, 0.1) is 5.92 Å². The monoisotopic (exact) mass is 263 g/mol. The minimum atomic E-state index is -0.906. The third-order valence-corrected chi connectivity index (χ3v) is 2.97. The third-order valence-electron chi connectivity index (χ3n) is 2.97. The molecule has 19 heavy (non-hydrogen) atoms. The number of nitrogens with zero attached hydrogens (tertiary/aromatic N) is 4. The van der Waals surface area contributed by atoms with Crippen LogP contribution in [0.15, 0.2) is 12.7 Å². The number of carbonyl (C=O) groups is 1. The molecular formula is C12H17N5O2. The van der Waals surface area contributed by atoms with Crippen LogP contribution in [0.1, 0.15) is 20.8 Å². The Hall–Kier alpha value is -2.18. The van der Waals surface area contributed by atoms with Gasteiger partial charge < -0.3 is 15.0 Å². The zero-order chi connectivity index (χ0) is 14.0. The summed E-state index contributed by atoms with van der Waals surface area (Å²) < 4.78 is 1.88. The lowest BCUT2D eigenvalue weighted by Crippen LogP contribution is -2.34. The second kappa shape index (κ2) is 5.21. The van der Waals surface area contributed by atoms with Crippen LogP contribution >= 0.6 is 0 Å². The van der Waals surface area contributed by atoms with Gasteiger partial charge in [0, 0.05) is 6.54 Å². The van der Waals surface area contributed by atoms with Crippen molar-refractivity contribution >= 4 is 23.0 Å². The maximum Gasteiger partial charge on any atom is 0.326 e. The quantitative estimate of drug-likeness (QED) is 0.846. The Bertz CT molecular complexity index is 593. The minimum absolute atomic E-state index is 0.0595. The molecule has 0 aliphatic rings. The van der Waals surface area contributed by atoms with Crippen LogP contribution in [0.4, 0.5) is 5.82 Å². The van der Waals surface area contributed by atoms with Gasteiger partial charge in [0.15, 0.2) is 11.5 Å². The van der Waals surface area contributed by atoms with Crippen LogP contribution in [0.5, 0.6) is 0 Å². The summed E-state index contributed by atoms with van der Waals surface area (Å²) in [6.45, 7) is 6.42. The van der Waals surface area contributed by atoms with Crippen molar-refractivity contribution in [2.45, 2.75) is 33.4 Å². The largest absolute Gasteiger partial charge is 0.480 e. The number of nitrogens with one attached hydrogen (secondary N) is 1. The van der Waals surface area contributed by atoms with E-state index >= 15 is 0 Å². The molecule has 0 aliphatic heterocycles. The predicted octanol–water partition coefficient (Wildman–Crippen LogP) is 1.37. The number of anilines is 1. The molecule has 2 heterocycles. The fraction of sp³-hybridized carbons (Fsp3) is 0.500. The van der Waals surface area contributed by atoms with Crippen LogP contribution < -0.4 is 5.32 Å². The number of hydrogen-bond acceptors (Lipinski definition) is 5. The molecule has 0 unspecified atom stereocenters. The van der Waals surface area contributed by atoms with Crippen molar-refractivity contribution in [2.24, 2.45) is 5.92 Å². The van der Waals surface area contributed by atoms with Crippen molar-refractivity contribution in [1.29, 1.82) is 0 Å². The fourth-order valence-electron chi connectivity index (χ4n) is 1.88. The molecule has 0 saturated carbocycles. The van der Waals surface area contributed by atoms with Gasteiger partial charge in [0.25, 0.3) is 0 Å². The summed E-state index contributed by atoms with van der Waals surface area (Å²) in [5, 5.41) is 12.1. The molecule has 0 saturated heterocycles. The lowest BCUT2D eigenvalue weighted by Gasteiger charge is -2.18. The SMILES string of the molecule is CCn1cnc2c(N[C@@H](C(=O)O)C(C)C)ncnc21. The Morgan fingerprint density at radius 1 is 1.42 bits per heavy atom. The van der Waals surface area contributed by atoms with Crippen LogP contribution in [0.25, 0.3) is 11.2 Å². The van der Waals surface area contributed by atoms with Gasteiger partial charge in [-0.25, -0.2) is 19.7 Å². The minimum Gasteiger partial charge on any atom is -0.480 e. The van der Waals surface area contributed by atoms with Crippen LogP contribution in [0.3, 0.4) is 0 Å². The average Bonchev–Trinajstić information content (AvgIpc) is 2.78. The first kappa shape index (κ1) is 13.3. The highest BCUT2D eigenvalue weighted by Crippen LogP contribution is 2.19. The summed E-state index contributed by atoms with van der Waals surface area (Å²) in [4.78, 5) is 23.7. The molecule has 7 nitrogen and oxygen atoms in total. The van der Waals surface area contributed by atoms with Crippen molar-refractivity contribution in [3.8, 4) is 0 Å². The molecule has 0 aliphatic carbocycles. The van der Waals surface area contributed by atoms with Gasteiger partial charge in [-0.1, -0.05) is 13.8 Å². The van der Waals surface area contributed by atoms with Gasteiger partial charge in [-0.2, -0.15) is 0 Å². The molecule has 0 amide bonds. The first-order valence-corrected chi connectivity index (χ1v) is 6.19. The van der Waals surface area contributed by atoms with E-state index in [0.29, 0.717) is 17.0 Å². The maximum atomic E-state index is 11.2. The molecule has 2 N–H and O–H groups in total. The van der Waals surface area contributed by atoms with Crippen molar-refractivity contribution in [3.63, 3.8) is 0 Å². The summed E-state index contributed by atoms with van der Waals surface area (Å²) in [7, 11) is 0. The number of aliphatic carboxylic acids is 1. The Kier molecular flexibility index (Phi) is 3.64. The van der Waals surface area contributed by atoms with Crippen molar-refractivity contribution in [1.82, 2.24) is 19.5 Å². The van der Waals surface area contributed by atoms with Gasteiger partial charge in [-0.3, -0.25) is 0 Å². The van der Waals surface area contributed by atoms with Gasteiger partial charge in [0.05, 0.1) is 6.33 Å². The molecule has 0 aromatic carbocycles. The molecule has 0 bridgehead atoms. The molecule has 0 fully saturated rings. The number of imidazole rings is 1. The van der Waals surface area contributed by atoms with Gasteiger partial charge in [0.1, 0.15) is 17.9 Å². The third kappa shape index (κ3) is 2.49. The number of aromatic nitrogens is 4. The van der Waals surface area contributed by atoms with Crippen LogP contribution in [-0.4, -0.2) is 36.6 Å². The molecule has 2 aromatic heterocycles. The summed E-state index contributed by atoms with van der Waals surface area (Å²) in [5.41, 5.74) is 1.30. The van der Waals surface area contributed by atoms with E-state index in [1.54, 1.807) is 6.33 Å². The zero-order valence-electron chi connectivity index (χ0n) is 11.2. The fourth-order valence-corrected chi connectivity index (χ4v) is 1.88. The van der Waals surface area contributed by atoms with Gasteiger partial charge in [-0.15, -0.1) is 0 Å². The Morgan fingerprint density at radius 2 is 2.16 bits per heavy atom. The molecule has 0 radical (unpaired) electrons. The number of carboxylic acids is 1. The number of fused-ring (bicyclic) bond motifs is 1. The Balaban J connectivity index is 2.40. The molecule has 102 valence electrons. The van der Waals surface area contributed by atoms with E-state index in [1.165, 1.54) is 6.33 Å². The van der Waals surface area contributed by atoms with E-state index < -0.39 is 12.0 Å². The van der Waals surface area contributed by atoms with Crippen molar-refractivity contribution in [3.05, 3.63) is 12.7 Å². The summed E-state index contributed by atoms with van der Waals surface area (Å²) in [6, 6.07) is -0.704. The number of carboxylic acid groups (broad SMARTS) is 1. The molecule has 1 atom stereocenters. The average molecular weight is 263 g/mol. The van der Waals surface area contributed by atoms with Crippen LogP contribution in [-0.2, 0) is 11.3 Å². The number of rotatable bonds is 5. The Morgan fingerprint density at radius 3 is 2.74 bits per heavy atom. The van der Waals surface area contributed by atoms with Crippen molar-refractivity contribution in [2.75, 3.05) is 5.32 Å². The lowest BCUT2D eigenvalue weighted by molar-refractivity contribution is -0.138. The highest BCUT2D eigenvalue weighted by Gasteiger charge is 2.23. The zero-order valence-corrected chi connectivity index (χ0v) is 11.2. The van der Waals surface area contributed by atoms with Gasteiger partial charge in [-0.05, 0) is 12.8 Å². The van der Waals surface area contributed by atoms with E-state index in [1.807, 2.05) is 25.3 Å². The molecular weight excluding hydrogens is 246 g/mol. The first-order chi connectivity index (χ1) is 9.04. The molecule has 2 aromatic rings. The summed E-state index contributed by atoms with van der Waals surface area (Å²) in [6.07, 6.45) is 3.09. The topological polar surface area (TPSA) is 92.9 Å². The van der Waals surface area contributed by atoms with Gasteiger partial charge in [0.2, 0.25) is 0 Å². The van der Waals surface area contributed by atoms with Crippen molar-refractivity contribution < 1.29 is 9.90 Å². The highest BCUT2D eigenvalue weighted by atomic mass is 16.4. The standard InChI is InChI=1S/C12H17N5O2/c1-4-17-6-15-9-10(13-5-14-11(9)17)16-8(7(2)3)12(18)19/h5-8H,4H2,1-3H3,(H,18,19)(H,13,14,16)/t8-/m1/s1.